The van der Waals surface area contributed by atoms with E-state index >= 15 is 0 Å². The summed E-state index contributed by atoms with van der Waals surface area (Å²) in [6.45, 7) is 3.59. The lowest BCUT2D eigenvalue weighted by molar-refractivity contribution is -0.137. The minimum atomic E-state index is -4.61. The van der Waals surface area contributed by atoms with Crippen molar-refractivity contribution in [2.24, 2.45) is 0 Å². The summed E-state index contributed by atoms with van der Waals surface area (Å²) in [6, 6.07) is 13.9. The minimum Gasteiger partial charge on any atom is -0.327 e. The number of hydrogen-bond acceptors (Lipinski definition) is 4. The second-order valence-electron chi connectivity index (χ2n) is 8.02. The van der Waals surface area contributed by atoms with E-state index in [1.54, 1.807) is 44.2 Å². The Labute approximate surface area is 204 Å². The third kappa shape index (κ3) is 4.17. The van der Waals surface area contributed by atoms with E-state index in [1.165, 1.54) is 35.0 Å². The molecule has 4 rings (SSSR count). The molecular formula is C25H21F3N6O2. The summed E-state index contributed by atoms with van der Waals surface area (Å²) in [7, 11) is 1.52. The van der Waals surface area contributed by atoms with Crippen LogP contribution in [0.3, 0.4) is 0 Å². The second-order valence-corrected chi connectivity index (χ2v) is 8.02. The molecule has 4 aromatic rings. The van der Waals surface area contributed by atoms with Crippen molar-refractivity contribution in [3.8, 4) is 28.8 Å². The lowest BCUT2D eigenvalue weighted by Crippen LogP contribution is -2.38. The SMILES string of the molecule is CCN(C)C(=O)n1c(-c2ccnn2-c2ccc(C#N)cc2)c(C)n(-c2cccc(C(F)(F)F)c2)c1=O. The van der Waals surface area contributed by atoms with E-state index in [9.17, 15) is 22.8 Å². The maximum absolute atomic E-state index is 13.6. The molecule has 0 saturated carbocycles. The molecule has 1 amide bonds. The van der Waals surface area contributed by atoms with E-state index in [2.05, 4.69) is 5.10 Å². The van der Waals surface area contributed by atoms with Gasteiger partial charge in [-0.1, -0.05) is 6.07 Å². The molecule has 11 heteroatoms. The number of hydrogen-bond donors (Lipinski definition) is 0. The summed E-state index contributed by atoms with van der Waals surface area (Å²) in [5, 5.41) is 13.4. The van der Waals surface area contributed by atoms with Gasteiger partial charge < -0.3 is 4.90 Å². The Bertz CT molecular complexity index is 1540. The van der Waals surface area contributed by atoms with Crippen LogP contribution in [0.4, 0.5) is 18.0 Å². The molecule has 2 heterocycles. The Morgan fingerprint density at radius 3 is 2.42 bits per heavy atom. The number of rotatable bonds is 4. The molecule has 0 atom stereocenters. The molecule has 8 nitrogen and oxygen atoms in total. The normalized spacial score (nSPS) is 11.4. The van der Waals surface area contributed by atoms with E-state index in [1.807, 2.05) is 6.07 Å². The average Bonchev–Trinajstić information content (AvgIpc) is 3.44. The van der Waals surface area contributed by atoms with Gasteiger partial charge in [-0.3, -0.25) is 4.57 Å². The van der Waals surface area contributed by atoms with Gasteiger partial charge in [0.2, 0.25) is 0 Å². The third-order valence-electron chi connectivity index (χ3n) is 5.83. The van der Waals surface area contributed by atoms with Gasteiger partial charge in [0.25, 0.3) is 0 Å². The maximum Gasteiger partial charge on any atom is 0.416 e. The van der Waals surface area contributed by atoms with Crippen molar-refractivity contribution in [1.82, 2.24) is 23.8 Å². The van der Waals surface area contributed by atoms with Crippen LogP contribution < -0.4 is 5.69 Å². The van der Waals surface area contributed by atoms with Crippen LogP contribution in [0.1, 0.15) is 23.7 Å². The number of alkyl halides is 3. The van der Waals surface area contributed by atoms with E-state index in [-0.39, 0.29) is 17.1 Å². The molecule has 0 aliphatic heterocycles. The van der Waals surface area contributed by atoms with Crippen LogP contribution in [0.15, 0.2) is 65.6 Å². The highest BCUT2D eigenvalue weighted by Gasteiger charge is 2.32. The van der Waals surface area contributed by atoms with E-state index in [0.29, 0.717) is 23.5 Å². The maximum atomic E-state index is 13.6. The first-order chi connectivity index (χ1) is 17.1. The quantitative estimate of drug-likeness (QED) is 0.415. The van der Waals surface area contributed by atoms with Gasteiger partial charge in [-0.2, -0.15) is 23.5 Å². The molecule has 0 N–H and O–H groups in total. The number of carbonyl (C=O) groups is 1. The zero-order valence-corrected chi connectivity index (χ0v) is 19.6. The number of imidazole rings is 1. The van der Waals surface area contributed by atoms with Gasteiger partial charge in [-0.05, 0) is 62.4 Å². The van der Waals surface area contributed by atoms with Crippen molar-refractivity contribution in [3.05, 3.63) is 88.1 Å². The lowest BCUT2D eigenvalue weighted by Gasteiger charge is -2.16. The lowest BCUT2D eigenvalue weighted by atomic mass is 10.2. The number of carbonyl (C=O) groups excluding carboxylic acids is 1. The molecule has 0 aliphatic rings. The summed E-state index contributed by atoms with van der Waals surface area (Å²) in [5.74, 6) is 0. The Morgan fingerprint density at radius 2 is 1.81 bits per heavy atom. The van der Waals surface area contributed by atoms with Crippen molar-refractivity contribution in [1.29, 1.82) is 5.26 Å². The molecule has 0 fully saturated rings. The Hall–Kier alpha value is -4.59. The third-order valence-corrected chi connectivity index (χ3v) is 5.83. The van der Waals surface area contributed by atoms with Gasteiger partial charge in [-0.25, -0.2) is 18.8 Å². The molecule has 0 bridgehead atoms. The number of nitriles is 1. The number of amides is 1. The van der Waals surface area contributed by atoms with Crippen molar-refractivity contribution in [3.63, 3.8) is 0 Å². The van der Waals surface area contributed by atoms with Gasteiger partial charge in [0.05, 0.1) is 46.2 Å². The van der Waals surface area contributed by atoms with Gasteiger partial charge in [0.15, 0.2) is 0 Å². The molecule has 0 radical (unpaired) electrons. The Kier molecular flexibility index (Phi) is 6.28. The summed E-state index contributed by atoms with van der Waals surface area (Å²) >= 11 is 0. The number of nitrogens with zero attached hydrogens (tertiary/aromatic N) is 6. The second kappa shape index (κ2) is 9.22. The Balaban J connectivity index is 2.00. The van der Waals surface area contributed by atoms with Gasteiger partial charge in [0.1, 0.15) is 5.69 Å². The molecule has 2 aromatic carbocycles. The van der Waals surface area contributed by atoms with Crippen LogP contribution in [0.25, 0.3) is 22.8 Å². The summed E-state index contributed by atoms with van der Waals surface area (Å²) in [5.41, 5.74) is 0.0742. The van der Waals surface area contributed by atoms with Crippen LogP contribution in [0.2, 0.25) is 0 Å². The van der Waals surface area contributed by atoms with E-state index < -0.39 is 23.5 Å². The van der Waals surface area contributed by atoms with Crippen LogP contribution >= 0.6 is 0 Å². The number of benzene rings is 2. The molecule has 2 aromatic heterocycles. The standard InChI is InChI=1S/C25H21F3N6O2/c1-4-31(3)23(35)33-22(21-12-13-30-34(21)19-10-8-17(15-29)9-11-19)16(2)32(24(33)36)20-7-5-6-18(14-20)25(26,27)28/h5-14H,4H2,1-3H3. The van der Waals surface area contributed by atoms with Gasteiger partial charge >= 0.3 is 17.9 Å². The topological polar surface area (TPSA) is 88.8 Å². The van der Waals surface area contributed by atoms with Crippen LogP contribution in [-0.2, 0) is 6.18 Å². The minimum absolute atomic E-state index is 0.0243. The van der Waals surface area contributed by atoms with Crippen LogP contribution in [0.5, 0.6) is 0 Å². The fourth-order valence-electron chi connectivity index (χ4n) is 3.88. The molecule has 184 valence electrons. The first kappa shape index (κ1) is 24.5. The molecule has 0 saturated heterocycles. The summed E-state index contributed by atoms with van der Waals surface area (Å²) < 4.78 is 43.7. The van der Waals surface area contributed by atoms with Crippen molar-refractivity contribution in [2.75, 3.05) is 13.6 Å². The molecule has 0 aliphatic carbocycles. The highest BCUT2D eigenvalue weighted by atomic mass is 19.4. The van der Waals surface area contributed by atoms with Crippen molar-refractivity contribution < 1.29 is 18.0 Å². The largest absolute Gasteiger partial charge is 0.416 e. The zero-order valence-electron chi connectivity index (χ0n) is 19.6. The van der Waals surface area contributed by atoms with E-state index in [0.717, 1.165) is 21.3 Å². The summed E-state index contributed by atoms with van der Waals surface area (Å²) in [6.07, 6.45) is -3.12. The average molecular weight is 494 g/mol. The molecular weight excluding hydrogens is 473 g/mol. The molecule has 36 heavy (non-hydrogen) atoms. The van der Waals surface area contributed by atoms with Crippen LogP contribution in [0, 0.1) is 18.3 Å². The van der Waals surface area contributed by atoms with Gasteiger partial charge in [-0.15, -0.1) is 0 Å². The predicted molar refractivity (Wildman–Crippen MR) is 126 cm³/mol. The first-order valence-corrected chi connectivity index (χ1v) is 10.9. The van der Waals surface area contributed by atoms with Gasteiger partial charge in [0, 0.05) is 13.6 Å². The fraction of sp³-hybridized carbons (Fsp3) is 0.200. The van der Waals surface area contributed by atoms with Crippen LogP contribution in [-0.4, -0.2) is 43.4 Å². The highest BCUT2D eigenvalue weighted by molar-refractivity contribution is 5.83. The van der Waals surface area contributed by atoms with Crippen molar-refractivity contribution >= 4 is 6.03 Å². The Morgan fingerprint density at radius 1 is 1.11 bits per heavy atom. The number of halogens is 3. The summed E-state index contributed by atoms with van der Waals surface area (Å²) in [4.78, 5) is 28.2. The first-order valence-electron chi connectivity index (χ1n) is 10.9. The smallest absolute Gasteiger partial charge is 0.327 e. The highest BCUT2D eigenvalue weighted by Crippen LogP contribution is 2.32. The zero-order chi connectivity index (χ0) is 26.2. The predicted octanol–water partition coefficient (Wildman–Crippen LogP) is 4.61. The fourth-order valence-corrected chi connectivity index (χ4v) is 3.88. The molecule has 0 unspecified atom stereocenters. The van der Waals surface area contributed by atoms with E-state index in [4.69, 9.17) is 5.26 Å². The molecule has 0 spiro atoms. The monoisotopic (exact) mass is 494 g/mol. The van der Waals surface area contributed by atoms with Crippen molar-refractivity contribution in [2.45, 2.75) is 20.0 Å². The number of aromatic nitrogens is 4.